The van der Waals surface area contributed by atoms with Gasteiger partial charge in [0.2, 0.25) is 0 Å². The van der Waals surface area contributed by atoms with E-state index in [9.17, 15) is 0 Å². The van der Waals surface area contributed by atoms with E-state index < -0.39 is 0 Å². The van der Waals surface area contributed by atoms with Crippen LogP contribution < -0.4 is 5.73 Å². The number of halogens is 3. The van der Waals surface area contributed by atoms with Gasteiger partial charge in [-0.2, -0.15) is 0 Å². The zero-order valence-electron chi connectivity index (χ0n) is 11.3. The molecule has 0 fully saturated rings. The first-order valence-electron chi connectivity index (χ1n) is 6.22. The summed E-state index contributed by atoms with van der Waals surface area (Å²) in [5, 5.41) is 0.774. The van der Waals surface area contributed by atoms with Crippen molar-refractivity contribution < 1.29 is 0 Å². The zero-order chi connectivity index (χ0) is 13.0. The summed E-state index contributed by atoms with van der Waals surface area (Å²) in [6.07, 6.45) is 0.943. The summed E-state index contributed by atoms with van der Waals surface area (Å²) >= 11 is 5.90. The van der Waals surface area contributed by atoms with Crippen molar-refractivity contribution in [3.63, 3.8) is 0 Å². The van der Waals surface area contributed by atoms with E-state index >= 15 is 0 Å². The monoisotopic (exact) mass is 331 g/mol. The van der Waals surface area contributed by atoms with Gasteiger partial charge in [-0.3, -0.25) is 0 Å². The molecule has 110 valence electrons. The smallest absolute Gasteiger partial charge is 0.0406 e. The van der Waals surface area contributed by atoms with Crippen LogP contribution in [0.1, 0.15) is 24.0 Å². The number of rotatable bonds is 4. The summed E-state index contributed by atoms with van der Waals surface area (Å²) in [6.45, 7) is 2.06. The van der Waals surface area contributed by atoms with E-state index in [2.05, 4.69) is 43.3 Å². The molecular formula is C16H20Cl3N. The highest BCUT2D eigenvalue weighted by Gasteiger charge is 2.16. The molecule has 0 bridgehead atoms. The molecule has 0 aliphatic carbocycles. The Morgan fingerprint density at radius 1 is 0.950 bits per heavy atom. The Morgan fingerprint density at radius 2 is 1.50 bits per heavy atom. The average Bonchev–Trinajstić information content (AvgIpc) is 2.38. The molecule has 0 saturated carbocycles. The fraction of sp³-hybridized carbons (Fsp3) is 0.250. The molecular weight excluding hydrogens is 313 g/mol. The van der Waals surface area contributed by atoms with Crippen LogP contribution in [0.15, 0.2) is 54.6 Å². The molecule has 0 aliphatic rings. The Hall–Kier alpha value is -0.730. The molecule has 2 aromatic carbocycles. The van der Waals surface area contributed by atoms with E-state index in [1.165, 1.54) is 11.1 Å². The largest absolute Gasteiger partial charge is 0.327 e. The third-order valence-corrected chi connectivity index (χ3v) is 3.48. The van der Waals surface area contributed by atoms with Gasteiger partial charge in [-0.25, -0.2) is 0 Å². The van der Waals surface area contributed by atoms with Crippen LogP contribution in [0.3, 0.4) is 0 Å². The van der Waals surface area contributed by atoms with Gasteiger partial charge in [0, 0.05) is 17.0 Å². The van der Waals surface area contributed by atoms with Gasteiger partial charge in [0.1, 0.15) is 0 Å². The molecule has 0 saturated heterocycles. The van der Waals surface area contributed by atoms with Gasteiger partial charge < -0.3 is 5.73 Å². The lowest BCUT2D eigenvalue weighted by Gasteiger charge is -2.21. The van der Waals surface area contributed by atoms with Crippen LogP contribution in [0.4, 0.5) is 0 Å². The van der Waals surface area contributed by atoms with Crippen LogP contribution in [0.5, 0.6) is 0 Å². The zero-order valence-corrected chi connectivity index (χ0v) is 13.7. The van der Waals surface area contributed by atoms with Crippen LogP contribution >= 0.6 is 36.4 Å². The highest BCUT2D eigenvalue weighted by atomic mass is 35.5. The molecule has 0 heterocycles. The van der Waals surface area contributed by atoms with Gasteiger partial charge in [0.15, 0.2) is 0 Å². The first kappa shape index (κ1) is 19.3. The lowest BCUT2D eigenvalue weighted by molar-refractivity contribution is 0.565. The Bertz CT molecular complexity index is 483. The van der Waals surface area contributed by atoms with E-state index in [0.29, 0.717) is 5.92 Å². The minimum absolute atomic E-state index is 0. The quantitative estimate of drug-likeness (QED) is 0.850. The predicted octanol–water partition coefficient (Wildman–Crippen LogP) is 4.86. The minimum atomic E-state index is 0. The number of benzene rings is 2. The lowest BCUT2D eigenvalue weighted by Crippen LogP contribution is -2.26. The summed E-state index contributed by atoms with van der Waals surface area (Å²) in [4.78, 5) is 0. The Morgan fingerprint density at radius 3 is 2.00 bits per heavy atom. The normalized spacial score (nSPS) is 12.8. The summed E-state index contributed by atoms with van der Waals surface area (Å²) < 4.78 is 0. The Kier molecular flexibility index (Phi) is 8.91. The molecule has 2 rings (SSSR count). The standard InChI is InChI=1S/C16H18ClN.2ClH/c1-12(18)16(14-5-3-2-4-6-14)11-13-7-9-15(17)10-8-13;;/h2-10,12,16H,11,18H2,1H3;2*1H/t12-,16+;;/m0../s1. The highest BCUT2D eigenvalue weighted by Crippen LogP contribution is 2.24. The maximum absolute atomic E-state index is 6.12. The van der Waals surface area contributed by atoms with Crippen molar-refractivity contribution in [1.82, 2.24) is 0 Å². The number of hydrogen-bond acceptors (Lipinski definition) is 1. The van der Waals surface area contributed by atoms with E-state index in [-0.39, 0.29) is 30.9 Å². The molecule has 1 nitrogen and oxygen atoms in total. The SMILES string of the molecule is C[C@H](N)[C@@H](Cc1ccc(Cl)cc1)c1ccccc1.Cl.Cl. The molecule has 4 heteroatoms. The fourth-order valence-electron chi connectivity index (χ4n) is 2.18. The maximum Gasteiger partial charge on any atom is 0.0406 e. The van der Waals surface area contributed by atoms with Crippen molar-refractivity contribution in [2.45, 2.75) is 25.3 Å². The summed E-state index contributed by atoms with van der Waals surface area (Å²) in [6, 6.07) is 18.6. The second kappa shape index (κ2) is 9.25. The van der Waals surface area contributed by atoms with Gasteiger partial charge >= 0.3 is 0 Å². The van der Waals surface area contributed by atoms with Gasteiger partial charge in [0.05, 0.1) is 0 Å². The lowest BCUT2D eigenvalue weighted by atomic mass is 9.87. The van der Waals surface area contributed by atoms with Crippen LogP contribution in [0, 0.1) is 0 Å². The molecule has 0 radical (unpaired) electrons. The second-order valence-electron chi connectivity index (χ2n) is 4.71. The predicted molar refractivity (Wildman–Crippen MR) is 92.5 cm³/mol. The van der Waals surface area contributed by atoms with Gasteiger partial charge in [-0.1, -0.05) is 54.1 Å². The molecule has 0 unspecified atom stereocenters. The minimum Gasteiger partial charge on any atom is -0.327 e. The van der Waals surface area contributed by atoms with Crippen molar-refractivity contribution in [2.24, 2.45) is 5.73 Å². The Balaban J connectivity index is 0.00000180. The van der Waals surface area contributed by atoms with Crippen LogP contribution in [-0.2, 0) is 6.42 Å². The molecule has 0 aromatic heterocycles. The first-order chi connectivity index (χ1) is 8.66. The van der Waals surface area contributed by atoms with Crippen molar-refractivity contribution >= 4 is 36.4 Å². The topological polar surface area (TPSA) is 26.0 Å². The van der Waals surface area contributed by atoms with Crippen molar-refractivity contribution in [2.75, 3.05) is 0 Å². The van der Waals surface area contributed by atoms with Crippen LogP contribution in [0.2, 0.25) is 5.02 Å². The molecule has 2 atom stereocenters. The highest BCUT2D eigenvalue weighted by molar-refractivity contribution is 6.30. The first-order valence-corrected chi connectivity index (χ1v) is 6.59. The van der Waals surface area contributed by atoms with E-state index in [1.807, 2.05) is 18.2 Å². The van der Waals surface area contributed by atoms with E-state index in [0.717, 1.165) is 11.4 Å². The van der Waals surface area contributed by atoms with E-state index in [1.54, 1.807) is 0 Å². The third-order valence-electron chi connectivity index (χ3n) is 3.23. The summed E-state index contributed by atoms with van der Waals surface area (Å²) in [5.41, 5.74) is 8.68. The molecule has 0 aliphatic heterocycles. The van der Waals surface area contributed by atoms with Crippen LogP contribution in [-0.4, -0.2) is 6.04 Å². The molecule has 2 N–H and O–H groups in total. The van der Waals surface area contributed by atoms with Crippen LogP contribution in [0.25, 0.3) is 0 Å². The molecule has 0 spiro atoms. The fourth-order valence-corrected chi connectivity index (χ4v) is 2.31. The van der Waals surface area contributed by atoms with Crippen molar-refractivity contribution in [3.05, 3.63) is 70.7 Å². The number of nitrogens with two attached hydrogens (primary N) is 1. The third kappa shape index (κ3) is 5.34. The van der Waals surface area contributed by atoms with Gasteiger partial charge in [-0.05, 0) is 36.6 Å². The van der Waals surface area contributed by atoms with Crippen molar-refractivity contribution in [1.29, 1.82) is 0 Å². The van der Waals surface area contributed by atoms with Crippen molar-refractivity contribution in [3.8, 4) is 0 Å². The average molecular weight is 333 g/mol. The molecule has 2 aromatic rings. The molecule has 0 amide bonds. The van der Waals surface area contributed by atoms with Gasteiger partial charge in [0.25, 0.3) is 0 Å². The maximum atomic E-state index is 6.12. The Labute approximate surface area is 138 Å². The summed E-state index contributed by atoms with van der Waals surface area (Å²) in [5.74, 6) is 0.340. The summed E-state index contributed by atoms with van der Waals surface area (Å²) in [7, 11) is 0. The van der Waals surface area contributed by atoms with Gasteiger partial charge in [-0.15, -0.1) is 24.8 Å². The number of hydrogen-bond donors (Lipinski definition) is 1. The molecule has 20 heavy (non-hydrogen) atoms. The second-order valence-corrected chi connectivity index (χ2v) is 5.14. The van der Waals surface area contributed by atoms with E-state index in [4.69, 9.17) is 17.3 Å².